The van der Waals surface area contributed by atoms with E-state index in [9.17, 15) is 19.8 Å². The lowest BCUT2D eigenvalue weighted by Crippen LogP contribution is -2.62. The minimum atomic E-state index is -1.99. The zero-order valence-corrected chi connectivity index (χ0v) is 53.3. The smallest absolute Gasteiger partial charge is 0.338 e. The number of rotatable bonds is 17. The molecule has 0 radical (unpaired) electrons. The number of nitrogens with zero attached hydrogens (tertiary/aromatic N) is 3. The van der Waals surface area contributed by atoms with E-state index >= 15 is 4.79 Å². The number of likely N-dealkylation sites (N-methyl/N-ethyl adjacent to an activating group) is 1. The standard InChI is InChI=1S/C69H89N3O14S/c1-14-55-69(10,77)60(73)44(4)57(71-87-52-33-22-17-23-34-52)42(2)39-68(9,79-36-26-27-48-38-51-32-24-25-35-53(51)70-41-48)61(86-66-59(54(72(11)12)37-43(3)80-66)84-64(75)49-28-18-15-19-29-49)45(5)58(46(6)63(74)82-55)83-56-40-67(8,78-13)62(47(7)81-56)85-65(76)50-30-20-16-21-31-50/h15-35,38,41-47,54-56,58-62,66,73,77H,14,36-37,39-40H2,1-13H3/t42-,43-,44+,45+,46-,47+,54+,55-,56?,58+,59-,60-,61-,62+,66+,67-,68+,69-/m1/s1. The first-order valence-corrected chi connectivity index (χ1v) is 31.2. The number of esters is 3. The van der Waals surface area contributed by atoms with Gasteiger partial charge in [-0.2, -0.15) is 0 Å². The number of aromatic nitrogens is 1. The Bertz CT molecular complexity index is 3120. The summed E-state index contributed by atoms with van der Waals surface area (Å²) in [6.45, 7) is 18.2. The topological polar surface area (TPSA) is 203 Å². The number of hydrogen-bond donors (Lipinski definition) is 2. The van der Waals surface area contributed by atoms with Crippen LogP contribution in [0.3, 0.4) is 0 Å². The van der Waals surface area contributed by atoms with Gasteiger partial charge in [0.1, 0.15) is 17.3 Å². The van der Waals surface area contributed by atoms with Crippen LogP contribution in [-0.2, 0) is 47.4 Å². The van der Waals surface area contributed by atoms with E-state index in [0.29, 0.717) is 23.3 Å². The molecule has 8 rings (SSSR count). The van der Waals surface area contributed by atoms with Crippen molar-refractivity contribution in [3.05, 3.63) is 150 Å². The van der Waals surface area contributed by atoms with Crippen LogP contribution in [0, 0.1) is 23.7 Å². The highest BCUT2D eigenvalue weighted by Crippen LogP contribution is 2.44. The molecule has 1 aromatic heterocycles. The van der Waals surface area contributed by atoms with Gasteiger partial charge in [0.2, 0.25) is 0 Å². The molecule has 1 unspecified atom stereocenters. The van der Waals surface area contributed by atoms with Crippen molar-refractivity contribution in [3.8, 4) is 0 Å². The Morgan fingerprint density at radius 2 is 1.40 bits per heavy atom. The molecule has 4 aromatic carbocycles. The SMILES string of the molecule is CC[C@H]1OC(=O)[C@H](C)[C@@H](OC2C[C@@](C)(OC)[C@@H](OC(=O)c3ccccc3)[C@H](C)O2)[C@H](C)[C@@H](O[C@@H]2O[C@H](C)C[C@H](N(C)C)[C@H]2OC(=O)c2ccccc2)[C@@](C)(OCC=Cc2cnc3ccccc3c2)C[C@@H](C)C(=NSc2ccccc2)[C@H](C)[C@@H](O)[C@]1(C)O. The maximum atomic E-state index is 15.3. The van der Waals surface area contributed by atoms with Crippen molar-refractivity contribution < 1.29 is 67.2 Å². The van der Waals surface area contributed by atoms with Crippen molar-refractivity contribution in [2.45, 2.75) is 184 Å². The third-order valence-electron chi connectivity index (χ3n) is 17.7. The molecular weight excluding hydrogens is 1130 g/mol. The molecule has 4 heterocycles. The Morgan fingerprint density at radius 3 is 2.03 bits per heavy atom. The monoisotopic (exact) mass is 1220 g/mol. The lowest BCUT2D eigenvalue weighted by atomic mass is 9.73. The lowest BCUT2D eigenvalue weighted by Gasteiger charge is -2.50. The number of para-hydroxylation sites is 1. The van der Waals surface area contributed by atoms with Gasteiger partial charge in [-0.25, -0.2) is 14.0 Å². The Labute approximate surface area is 517 Å². The zero-order chi connectivity index (χ0) is 62.8. The molecule has 0 spiro atoms. The minimum absolute atomic E-state index is 0.0370. The van der Waals surface area contributed by atoms with Gasteiger partial charge < -0.3 is 57.7 Å². The van der Waals surface area contributed by atoms with Gasteiger partial charge in [0.25, 0.3) is 0 Å². The number of methoxy groups -OCH3 is 1. The average Bonchev–Trinajstić information content (AvgIpc) is 1.02. The molecule has 0 bridgehead atoms. The van der Waals surface area contributed by atoms with Gasteiger partial charge in [0.05, 0.1) is 71.3 Å². The van der Waals surface area contributed by atoms with Crippen LogP contribution in [0.5, 0.6) is 0 Å². The Kier molecular flexibility index (Phi) is 22.8. The van der Waals surface area contributed by atoms with Crippen LogP contribution in [0.25, 0.3) is 17.0 Å². The van der Waals surface area contributed by atoms with E-state index in [0.717, 1.165) is 21.4 Å². The quantitative estimate of drug-likeness (QED) is 0.0505. The molecule has 87 heavy (non-hydrogen) atoms. The van der Waals surface area contributed by atoms with Crippen molar-refractivity contribution in [2.24, 2.45) is 28.1 Å². The largest absolute Gasteiger partial charge is 0.459 e. The summed E-state index contributed by atoms with van der Waals surface area (Å²) in [6.07, 6.45) is -3.87. The van der Waals surface area contributed by atoms with E-state index in [2.05, 4.69) is 6.07 Å². The van der Waals surface area contributed by atoms with E-state index in [1.54, 1.807) is 75.5 Å². The van der Waals surface area contributed by atoms with E-state index in [1.165, 1.54) is 26.0 Å². The predicted molar refractivity (Wildman–Crippen MR) is 335 cm³/mol. The van der Waals surface area contributed by atoms with Crippen molar-refractivity contribution in [2.75, 3.05) is 27.8 Å². The van der Waals surface area contributed by atoms with Crippen LogP contribution in [0.2, 0.25) is 0 Å². The fourth-order valence-electron chi connectivity index (χ4n) is 12.7. The maximum absolute atomic E-state index is 15.3. The van der Waals surface area contributed by atoms with Crippen LogP contribution in [0.15, 0.2) is 143 Å². The summed E-state index contributed by atoms with van der Waals surface area (Å²) in [4.78, 5) is 50.8. The normalized spacial score (nSPS) is 34.3. The van der Waals surface area contributed by atoms with Crippen LogP contribution < -0.4 is 0 Å². The fourth-order valence-corrected chi connectivity index (χ4v) is 13.6. The van der Waals surface area contributed by atoms with Crippen LogP contribution in [0.4, 0.5) is 0 Å². The molecule has 3 fully saturated rings. The van der Waals surface area contributed by atoms with Crippen LogP contribution in [0.1, 0.15) is 121 Å². The first-order valence-electron chi connectivity index (χ1n) is 30.4. The first kappa shape index (κ1) is 67.0. The molecule has 17 nitrogen and oxygen atoms in total. The second-order valence-electron chi connectivity index (χ2n) is 24.6. The highest BCUT2D eigenvalue weighted by Gasteiger charge is 2.55. The van der Waals surface area contributed by atoms with Gasteiger partial charge in [0, 0.05) is 59.5 Å². The number of pyridine rings is 1. The summed E-state index contributed by atoms with van der Waals surface area (Å²) >= 11 is 1.25. The van der Waals surface area contributed by atoms with Crippen molar-refractivity contribution in [3.63, 3.8) is 0 Å². The third kappa shape index (κ3) is 16.1. The number of benzene rings is 4. The van der Waals surface area contributed by atoms with E-state index in [-0.39, 0.29) is 25.9 Å². The van der Waals surface area contributed by atoms with Crippen molar-refractivity contribution >= 4 is 52.5 Å². The number of aliphatic hydroxyl groups excluding tert-OH is 1. The summed E-state index contributed by atoms with van der Waals surface area (Å²) in [5, 5.41) is 26.1. The number of aliphatic hydroxyl groups is 2. The van der Waals surface area contributed by atoms with Gasteiger partial charge in [-0.05, 0) is 135 Å². The van der Waals surface area contributed by atoms with Crippen molar-refractivity contribution in [1.82, 2.24) is 9.88 Å². The molecule has 18 heteroatoms. The molecule has 5 aromatic rings. The molecule has 3 aliphatic rings. The highest BCUT2D eigenvalue weighted by molar-refractivity contribution is 7.98. The summed E-state index contributed by atoms with van der Waals surface area (Å²) in [6, 6.07) is 36.6. The van der Waals surface area contributed by atoms with E-state index in [4.69, 9.17) is 52.0 Å². The number of fused-ring (bicyclic) bond motifs is 1. The zero-order valence-electron chi connectivity index (χ0n) is 52.5. The lowest BCUT2D eigenvalue weighted by molar-refractivity contribution is -0.319. The molecular formula is C69H89N3O14S. The molecule has 2 N–H and O–H groups in total. The van der Waals surface area contributed by atoms with E-state index < -0.39 is 126 Å². The molecule has 3 aliphatic heterocycles. The third-order valence-corrected chi connectivity index (χ3v) is 18.5. The summed E-state index contributed by atoms with van der Waals surface area (Å²) in [5.74, 6) is -5.18. The number of carbonyl (C=O) groups is 3. The van der Waals surface area contributed by atoms with Gasteiger partial charge in [-0.3, -0.25) is 9.78 Å². The minimum Gasteiger partial charge on any atom is -0.459 e. The van der Waals surface area contributed by atoms with Crippen LogP contribution >= 0.6 is 11.9 Å². The number of cyclic esters (lactones) is 1. The molecule has 18 atom stereocenters. The molecule has 0 saturated carbocycles. The summed E-state index contributed by atoms with van der Waals surface area (Å²) in [7, 11) is 5.39. The predicted octanol–water partition coefficient (Wildman–Crippen LogP) is 11.4. The fraction of sp³-hybridized carbons (Fsp3) is 0.522. The Balaban J connectivity index is 1.29. The maximum Gasteiger partial charge on any atom is 0.338 e. The summed E-state index contributed by atoms with van der Waals surface area (Å²) in [5.41, 5.74) is -1.61. The second-order valence-corrected chi connectivity index (χ2v) is 25.4. The molecule has 0 amide bonds. The highest BCUT2D eigenvalue weighted by atomic mass is 32.2. The van der Waals surface area contributed by atoms with E-state index in [1.807, 2.05) is 139 Å². The first-order chi connectivity index (χ1) is 41.5. The molecule has 470 valence electrons. The molecule has 3 saturated heterocycles. The van der Waals surface area contributed by atoms with Gasteiger partial charge in [-0.1, -0.05) is 113 Å². The van der Waals surface area contributed by atoms with Gasteiger partial charge in [-0.15, -0.1) is 0 Å². The van der Waals surface area contributed by atoms with Crippen LogP contribution in [-0.4, -0.2) is 156 Å². The van der Waals surface area contributed by atoms with Gasteiger partial charge >= 0.3 is 17.9 Å². The Hall–Kier alpha value is -5.90. The van der Waals surface area contributed by atoms with Crippen molar-refractivity contribution in [1.29, 1.82) is 0 Å². The summed E-state index contributed by atoms with van der Waals surface area (Å²) < 4.78 is 66.4. The molecule has 0 aliphatic carbocycles. The van der Waals surface area contributed by atoms with Gasteiger partial charge in [0.15, 0.2) is 24.8 Å². The Morgan fingerprint density at radius 1 is 0.782 bits per heavy atom. The average molecular weight is 1220 g/mol. The number of carbonyl (C=O) groups excluding carboxylic acids is 3. The number of ether oxygens (including phenoxy) is 9. The number of hydrogen-bond acceptors (Lipinski definition) is 18. The second kappa shape index (κ2) is 29.6.